The highest BCUT2D eigenvalue weighted by molar-refractivity contribution is 5.91. The molecule has 0 aliphatic heterocycles. The summed E-state index contributed by atoms with van der Waals surface area (Å²) in [6.45, 7) is 0. The molecule has 0 unspecified atom stereocenters. The molecule has 0 radical (unpaired) electrons. The van der Waals surface area contributed by atoms with E-state index >= 15 is 0 Å². The molecule has 0 atom stereocenters. The van der Waals surface area contributed by atoms with Crippen LogP contribution in [0.1, 0.15) is 0 Å². The number of nitrogens with zero attached hydrogens (tertiary/aromatic N) is 3. The lowest BCUT2D eigenvalue weighted by molar-refractivity contribution is 0.713. The molecule has 0 fully saturated rings. The van der Waals surface area contributed by atoms with Gasteiger partial charge in [-0.25, -0.2) is 4.79 Å². The van der Waals surface area contributed by atoms with Gasteiger partial charge in [-0.1, -0.05) is 30.3 Å². The molecule has 1 aromatic carbocycles. The summed E-state index contributed by atoms with van der Waals surface area (Å²) in [7, 11) is 3.13. The van der Waals surface area contributed by atoms with Gasteiger partial charge in [0.15, 0.2) is 0 Å². The minimum atomic E-state index is -0.340. The van der Waals surface area contributed by atoms with Crippen molar-refractivity contribution in [3.8, 4) is 11.3 Å². The second-order valence-electron chi connectivity index (χ2n) is 4.63. The summed E-state index contributed by atoms with van der Waals surface area (Å²) in [5, 5.41) is 0.461. The molecule has 0 saturated heterocycles. The number of aromatic nitrogens is 3. The number of rotatable bonds is 1. The Labute approximate surface area is 114 Å². The summed E-state index contributed by atoms with van der Waals surface area (Å²) >= 11 is 0. The molecule has 0 aliphatic rings. The van der Waals surface area contributed by atoms with Crippen LogP contribution in [-0.2, 0) is 14.1 Å². The van der Waals surface area contributed by atoms with Crippen LogP contribution in [0.15, 0.2) is 52.2 Å². The van der Waals surface area contributed by atoms with Gasteiger partial charge < -0.3 is 0 Å². The van der Waals surface area contributed by atoms with Crippen molar-refractivity contribution < 1.29 is 0 Å². The van der Waals surface area contributed by atoms with Crippen molar-refractivity contribution in [3.63, 3.8) is 0 Å². The van der Waals surface area contributed by atoms with Crippen molar-refractivity contribution >= 4 is 10.9 Å². The van der Waals surface area contributed by atoms with E-state index in [9.17, 15) is 9.59 Å². The first-order valence-electron chi connectivity index (χ1n) is 6.21. The van der Waals surface area contributed by atoms with Crippen LogP contribution in [0.25, 0.3) is 22.2 Å². The Morgan fingerprint density at radius 1 is 0.950 bits per heavy atom. The van der Waals surface area contributed by atoms with Gasteiger partial charge in [-0.05, 0) is 6.07 Å². The van der Waals surface area contributed by atoms with Crippen molar-refractivity contribution in [2.24, 2.45) is 14.1 Å². The molecule has 0 amide bonds. The van der Waals surface area contributed by atoms with Crippen molar-refractivity contribution in [2.75, 3.05) is 0 Å². The summed E-state index contributed by atoms with van der Waals surface area (Å²) in [5.74, 6) is 0. The maximum absolute atomic E-state index is 12.4. The topological polar surface area (TPSA) is 56.9 Å². The third-order valence-corrected chi connectivity index (χ3v) is 3.43. The molecule has 0 bridgehead atoms. The minimum absolute atomic E-state index is 0.324. The highest BCUT2D eigenvalue weighted by atomic mass is 16.2. The molecule has 0 saturated carbocycles. The largest absolute Gasteiger partial charge is 0.330 e. The van der Waals surface area contributed by atoms with Gasteiger partial charge in [0, 0.05) is 25.9 Å². The van der Waals surface area contributed by atoms with Crippen LogP contribution in [-0.4, -0.2) is 14.1 Å². The average molecular weight is 267 g/mol. The normalized spacial score (nSPS) is 10.9. The molecule has 0 aliphatic carbocycles. The molecule has 100 valence electrons. The molecule has 3 rings (SSSR count). The molecule has 0 N–H and O–H groups in total. The summed E-state index contributed by atoms with van der Waals surface area (Å²) < 4.78 is 2.57. The Hall–Kier alpha value is -2.69. The second kappa shape index (κ2) is 4.45. The zero-order valence-corrected chi connectivity index (χ0v) is 11.2. The molecule has 20 heavy (non-hydrogen) atoms. The fraction of sp³-hybridized carbons (Fsp3) is 0.133. The second-order valence-corrected chi connectivity index (χ2v) is 4.63. The highest BCUT2D eigenvalue weighted by Gasteiger charge is 2.13. The van der Waals surface area contributed by atoms with Crippen LogP contribution in [0.2, 0.25) is 0 Å². The van der Waals surface area contributed by atoms with Gasteiger partial charge in [-0.3, -0.25) is 18.9 Å². The maximum atomic E-state index is 12.4. The Kier molecular flexibility index (Phi) is 2.75. The van der Waals surface area contributed by atoms with Gasteiger partial charge in [-0.15, -0.1) is 0 Å². The van der Waals surface area contributed by atoms with Crippen LogP contribution in [0.4, 0.5) is 0 Å². The lowest BCUT2D eigenvalue weighted by Crippen LogP contribution is -2.37. The van der Waals surface area contributed by atoms with Crippen LogP contribution < -0.4 is 11.2 Å². The third kappa shape index (κ3) is 1.67. The zero-order chi connectivity index (χ0) is 14.3. The molecule has 5 nitrogen and oxygen atoms in total. The monoisotopic (exact) mass is 267 g/mol. The van der Waals surface area contributed by atoms with Crippen molar-refractivity contribution in [2.45, 2.75) is 0 Å². The molecule has 2 heterocycles. The number of aryl methyl sites for hydroxylation is 1. The average Bonchev–Trinajstić information content (AvgIpc) is 2.51. The standard InChI is InChI=1S/C15H13N3O2/c1-17-11-8-9-16-13(10-6-4-3-5-7-10)12(11)14(19)18(2)15(17)20/h3-9H,1-2H3. The fourth-order valence-corrected chi connectivity index (χ4v) is 2.34. The van der Waals surface area contributed by atoms with Crippen molar-refractivity contribution in [1.82, 2.24) is 14.1 Å². The predicted molar refractivity (Wildman–Crippen MR) is 77.7 cm³/mol. The quantitative estimate of drug-likeness (QED) is 0.667. The lowest BCUT2D eigenvalue weighted by atomic mass is 10.1. The van der Waals surface area contributed by atoms with Crippen LogP contribution in [0, 0.1) is 0 Å². The first kappa shape index (κ1) is 12.3. The Morgan fingerprint density at radius 3 is 2.35 bits per heavy atom. The first-order chi connectivity index (χ1) is 9.61. The SMILES string of the molecule is Cn1c(=O)c2c(-c3ccccc3)nccc2n(C)c1=O. The van der Waals surface area contributed by atoms with E-state index in [2.05, 4.69) is 4.98 Å². The van der Waals surface area contributed by atoms with E-state index in [0.29, 0.717) is 16.6 Å². The van der Waals surface area contributed by atoms with Gasteiger partial charge in [0.05, 0.1) is 16.6 Å². The smallest absolute Gasteiger partial charge is 0.296 e. The number of hydrogen-bond donors (Lipinski definition) is 0. The van der Waals surface area contributed by atoms with Crippen LogP contribution in [0.3, 0.4) is 0 Å². The summed E-state index contributed by atoms with van der Waals surface area (Å²) in [5.41, 5.74) is 1.38. The van der Waals surface area contributed by atoms with E-state index in [4.69, 9.17) is 0 Å². The van der Waals surface area contributed by atoms with E-state index in [0.717, 1.165) is 10.1 Å². The Balaban J connectivity index is 2.54. The fourth-order valence-electron chi connectivity index (χ4n) is 2.34. The van der Waals surface area contributed by atoms with Gasteiger partial charge in [0.1, 0.15) is 0 Å². The molecule has 5 heteroatoms. The number of pyridine rings is 1. The molecule has 0 spiro atoms. The van der Waals surface area contributed by atoms with E-state index < -0.39 is 0 Å². The van der Waals surface area contributed by atoms with E-state index in [1.165, 1.54) is 11.6 Å². The Morgan fingerprint density at radius 2 is 1.65 bits per heavy atom. The minimum Gasteiger partial charge on any atom is -0.296 e. The molecular weight excluding hydrogens is 254 g/mol. The molecule has 2 aromatic heterocycles. The molecular formula is C15H13N3O2. The highest BCUT2D eigenvalue weighted by Crippen LogP contribution is 2.22. The van der Waals surface area contributed by atoms with Crippen molar-refractivity contribution in [3.05, 3.63) is 63.4 Å². The van der Waals surface area contributed by atoms with Gasteiger partial charge in [0.2, 0.25) is 0 Å². The summed E-state index contributed by atoms with van der Waals surface area (Å²) in [4.78, 5) is 28.7. The number of fused-ring (bicyclic) bond motifs is 1. The van der Waals surface area contributed by atoms with E-state index in [1.54, 1.807) is 19.3 Å². The van der Waals surface area contributed by atoms with Crippen molar-refractivity contribution in [1.29, 1.82) is 0 Å². The van der Waals surface area contributed by atoms with Gasteiger partial charge >= 0.3 is 5.69 Å². The maximum Gasteiger partial charge on any atom is 0.330 e. The first-order valence-corrected chi connectivity index (χ1v) is 6.21. The number of benzene rings is 1. The van der Waals surface area contributed by atoms with E-state index in [-0.39, 0.29) is 11.2 Å². The molecule has 3 aromatic rings. The third-order valence-electron chi connectivity index (χ3n) is 3.43. The zero-order valence-electron chi connectivity index (χ0n) is 11.2. The van der Waals surface area contributed by atoms with Gasteiger partial charge in [-0.2, -0.15) is 0 Å². The van der Waals surface area contributed by atoms with Crippen LogP contribution in [0.5, 0.6) is 0 Å². The lowest BCUT2D eigenvalue weighted by Gasteiger charge is -2.10. The Bertz CT molecular complexity index is 908. The van der Waals surface area contributed by atoms with E-state index in [1.807, 2.05) is 30.3 Å². The van der Waals surface area contributed by atoms with Crippen LogP contribution >= 0.6 is 0 Å². The summed E-state index contributed by atoms with van der Waals surface area (Å²) in [6, 6.07) is 11.2. The predicted octanol–water partition coefficient (Wildman–Crippen LogP) is 1.30. The number of hydrogen-bond acceptors (Lipinski definition) is 3. The van der Waals surface area contributed by atoms with Gasteiger partial charge in [0.25, 0.3) is 5.56 Å². The summed E-state index contributed by atoms with van der Waals surface area (Å²) in [6.07, 6.45) is 1.61.